The van der Waals surface area contributed by atoms with Crippen molar-refractivity contribution in [2.75, 3.05) is 7.11 Å². The fraction of sp³-hybridized carbons (Fsp3) is 0.318. The minimum absolute atomic E-state index is 0.0507. The summed E-state index contributed by atoms with van der Waals surface area (Å²) in [6.07, 6.45) is -2.08. The van der Waals surface area contributed by atoms with Gasteiger partial charge in [-0.2, -0.15) is 0 Å². The molecule has 0 amide bonds. The van der Waals surface area contributed by atoms with Gasteiger partial charge in [-0.1, -0.05) is 6.92 Å². The summed E-state index contributed by atoms with van der Waals surface area (Å²) in [7, 11) is 1.05. The van der Waals surface area contributed by atoms with Crippen LogP contribution in [0.2, 0.25) is 0 Å². The summed E-state index contributed by atoms with van der Waals surface area (Å²) in [6.45, 7) is 1.54. The second-order valence-corrected chi connectivity index (χ2v) is 7.92. The van der Waals surface area contributed by atoms with Crippen LogP contribution in [0.3, 0.4) is 0 Å². The average Bonchev–Trinajstić information content (AvgIpc) is 2.75. The Bertz CT molecular complexity index is 1210. The predicted molar refractivity (Wildman–Crippen MR) is 106 cm³/mol. The van der Waals surface area contributed by atoms with Gasteiger partial charge in [0.25, 0.3) is 0 Å². The third-order valence-electron chi connectivity index (χ3n) is 6.35. The Morgan fingerprint density at radius 2 is 1.44 bits per heavy atom. The molecule has 0 aromatic heterocycles. The maximum absolute atomic E-state index is 13.2. The SMILES string of the molecule is CC[C@@]1(O)C[C@@H](O)c2c(O)c3c(c(O)c2[C@H]1C(=O)OC)C(=O)c1c(O)ccc(O)c1C3=O. The highest BCUT2D eigenvalue weighted by Gasteiger charge is 2.53. The highest BCUT2D eigenvalue weighted by atomic mass is 16.5. The molecule has 6 N–H and O–H groups in total. The fourth-order valence-corrected chi connectivity index (χ4v) is 4.75. The van der Waals surface area contributed by atoms with E-state index in [0.29, 0.717) is 0 Å². The number of methoxy groups -OCH3 is 1. The van der Waals surface area contributed by atoms with Crippen molar-refractivity contribution in [3.8, 4) is 23.0 Å². The van der Waals surface area contributed by atoms with Gasteiger partial charge in [0.1, 0.15) is 28.9 Å². The number of esters is 1. The molecular weight excluding hydrogens is 424 g/mol. The normalized spacial score (nSPS) is 23.9. The molecule has 2 aromatic carbocycles. The lowest BCUT2D eigenvalue weighted by Gasteiger charge is -2.42. The molecule has 0 spiro atoms. The number of phenols is 4. The van der Waals surface area contributed by atoms with Crippen LogP contribution in [0, 0.1) is 0 Å². The number of carbonyl (C=O) groups excluding carboxylic acids is 3. The van der Waals surface area contributed by atoms with Gasteiger partial charge in [0.15, 0.2) is 0 Å². The number of ketones is 2. The second kappa shape index (κ2) is 6.94. The summed E-state index contributed by atoms with van der Waals surface area (Å²) in [6, 6.07) is 1.97. The Balaban J connectivity index is 2.13. The summed E-state index contributed by atoms with van der Waals surface area (Å²) in [4.78, 5) is 38.9. The maximum Gasteiger partial charge on any atom is 0.316 e. The first-order chi connectivity index (χ1) is 15.0. The third-order valence-corrected chi connectivity index (χ3v) is 6.35. The Kier molecular flexibility index (Phi) is 4.68. The highest BCUT2D eigenvalue weighted by Crippen LogP contribution is 2.56. The molecule has 0 radical (unpaired) electrons. The van der Waals surface area contributed by atoms with E-state index < -0.39 is 98.0 Å². The molecular formula is C22H20O10. The smallest absolute Gasteiger partial charge is 0.316 e. The number of hydrogen-bond donors (Lipinski definition) is 6. The molecule has 0 aliphatic heterocycles. The standard InChI is InChI=1S/C22H20O10/c1-3-22(31)6-9(25)12-13(16(22)21(30)32-2)20(29)15-14(19(12)28)17(26)10-7(23)4-5-8(24)11(10)18(15)27/h4-5,9,16,23-25,28-29,31H,3,6H2,1-2H3/t9-,16+,22-/m1/s1. The molecule has 0 fully saturated rings. The first-order valence-electron chi connectivity index (χ1n) is 9.74. The van der Waals surface area contributed by atoms with E-state index in [1.165, 1.54) is 6.92 Å². The predicted octanol–water partition coefficient (Wildman–Crippen LogP) is 1.12. The van der Waals surface area contributed by atoms with Gasteiger partial charge < -0.3 is 35.4 Å². The van der Waals surface area contributed by atoms with Crippen LogP contribution in [0.25, 0.3) is 0 Å². The largest absolute Gasteiger partial charge is 0.507 e. The van der Waals surface area contributed by atoms with E-state index in [1.54, 1.807) is 0 Å². The topological polar surface area (TPSA) is 182 Å². The van der Waals surface area contributed by atoms with E-state index in [2.05, 4.69) is 0 Å². The molecule has 0 bridgehead atoms. The van der Waals surface area contributed by atoms with Gasteiger partial charge in [0, 0.05) is 17.5 Å². The van der Waals surface area contributed by atoms with Crippen molar-refractivity contribution in [3.63, 3.8) is 0 Å². The number of phenolic OH excluding ortho intramolecular Hbond substituents is 4. The van der Waals surface area contributed by atoms with Crippen molar-refractivity contribution in [2.24, 2.45) is 0 Å². The Morgan fingerprint density at radius 1 is 0.969 bits per heavy atom. The van der Waals surface area contributed by atoms with Crippen molar-refractivity contribution in [2.45, 2.75) is 37.4 Å². The van der Waals surface area contributed by atoms with Crippen molar-refractivity contribution in [3.05, 3.63) is 45.5 Å². The lowest BCUT2D eigenvalue weighted by Crippen LogP contribution is -2.46. The first kappa shape index (κ1) is 21.6. The number of aromatic hydroxyl groups is 4. The van der Waals surface area contributed by atoms with Crippen LogP contribution in [0.1, 0.15) is 74.8 Å². The van der Waals surface area contributed by atoms with Crippen molar-refractivity contribution >= 4 is 17.5 Å². The molecule has 0 saturated heterocycles. The van der Waals surface area contributed by atoms with Crippen molar-refractivity contribution in [1.82, 2.24) is 0 Å². The van der Waals surface area contributed by atoms with Crippen LogP contribution in [-0.2, 0) is 9.53 Å². The number of hydrogen-bond acceptors (Lipinski definition) is 10. The van der Waals surface area contributed by atoms with Crippen molar-refractivity contribution in [1.29, 1.82) is 0 Å². The number of aliphatic hydroxyl groups is 2. The zero-order chi connectivity index (χ0) is 23.7. The lowest BCUT2D eigenvalue weighted by molar-refractivity contribution is -0.153. The Hall–Kier alpha value is -3.63. The van der Waals surface area contributed by atoms with Gasteiger partial charge in [-0.05, 0) is 18.6 Å². The zero-order valence-electron chi connectivity index (χ0n) is 17.0. The number of aliphatic hydroxyl groups excluding tert-OH is 1. The van der Waals surface area contributed by atoms with Gasteiger partial charge in [-0.3, -0.25) is 14.4 Å². The van der Waals surface area contributed by atoms with Gasteiger partial charge in [-0.25, -0.2) is 0 Å². The molecule has 10 nitrogen and oxygen atoms in total. The zero-order valence-corrected chi connectivity index (χ0v) is 17.0. The molecule has 2 aliphatic rings. The molecule has 3 atom stereocenters. The molecule has 168 valence electrons. The van der Waals surface area contributed by atoms with E-state index in [0.717, 1.165) is 19.2 Å². The van der Waals surface area contributed by atoms with Crippen LogP contribution >= 0.6 is 0 Å². The molecule has 32 heavy (non-hydrogen) atoms. The van der Waals surface area contributed by atoms with Gasteiger partial charge in [0.05, 0.1) is 41.1 Å². The van der Waals surface area contributed by atoms with Crippen LogP contribution in [0.4, 0.5) is 0 Å². The Labute approximate surface area is 180 Å². The quantitative estimate of drug-likeness (QED) is 0.247. The van der Waals surface area contributed by atoms with E-state index in [9.17, 15) is 45.0 Å². The number of carbonyl (C=O) groups is 3. The molecule has 10 heteroatoms. The van der Waals surface area contributed by atoms with Gasteiger partial charge >= 0.3 is 5.97 Å². The minimum Gasteiger partial charge on any atom is -0.507 e. The number of rotatable bonds is 2. The van der Waals surface area contributed by atoms with Crippen LogP contribution in [0.15, 0.2) is 12.1 Å². The van der Waals surface area contributed by atoms with Crippen molar-refractivity contribution < 1.29 is 49.8 Å². The first-order valence-corrected chi connectivity index (χ1v) is 9.74. The van der Waals surface area contributed by atoms with E-state index in [4.69, 9.17) is 4.74 Å². The number of fused-ring (bicyclic) bond motifs is 3. The molecule has 0 saturated carbocycles. The monoisotopic (exact) mass is 444 g/mol. The average molecular weight is 444 g/mol. The van der Waals surface area contributed by atoms with Crippen LogP contribution in [0.5, 0.6) is 23.0 Å². The summed E-state index contributed by atoms with van der Waals surface area (Å²) >= 11 is 0. The van der Waals surface area contributed by atoms with E-state index in [-0.39, 0.29) is 6.42 Å². The number of ether oxygens (including phenoxy) is 1. The summed E-state index contributed by atoms with van der Waals surface area (Å²) in [5, 5.41) is 64.0. The summed E-state index contributed by atoms with van der Waals surface area (Å²) < 4.78 is 4.76. The van der Waals surface area contributed by atoms with E-state index >= 15 is 0 Å². The molecule has 2 aliphatic carbocycles. The minimum atomic E-state index is -1.89. The fourth-order valence-electron chi connectivity index (χ4n) is 4.75. The van der Waals surface area contributed by atoms with Gasteiger partial charge in [0.2, 0.25) is 11.6 Å². The highest BCUT2D eigenvalue weighted by molar-refractivity contribution is 6.32. The molecule has 0 unspecified atom stereocenters. The van der Waals surface area contributed by atoms with Crippen LogP contribution in [-0.4, -0.2) is 60.9 Å². The van der Waals surface area contributed by atoms with Gasteiger partial charge in [-0.15, -0.1) is 0 Å². The lowest BCUT2D eigenvalue weighted by atomic mass is 9.66. The number of benzene rings is 2. The molecule has 0 heterocycles. The molecule has 4 rings (SSSR count). The van der Waals surface area contributed by atoms with E-state index in [1.807, 2.05) is 0 Å². The summed E-state index contributed by atoms with van der Waals surface area (Å²) in [5.74, 6) is -7.82. The maximum atomic E-state index is 13.2. The second-order valence-electron chi connectivity index (χ2n) is 7.92. The summed E-state index contributed by atoms with van der Waals surface area (Å²) in [5.41, 5.74) is -5.31. The molecule has 2 aromatic rings. The third kappa shape index (κ3) is 2.56. The Morgan fingerprint density at radius 3 is 1.88 bits per heavy atom. The van der Waals surface area contributed by atoms with Crippen LogP contribution < -0.4 is 0 Å².